The average Bonchev–Trinajstić information content (AvgIpc) is 2.75. The van der Waals surface area contributed by atoms with Crippen LogP contribution in [0.4, 0.5) is 0 Å². The summed E-state index contributed by atoms with van der Waals surface area (Å²) in [6.45, 7) is 3.78. The second-order valence-corrected chi connectivity index (χ2v) is 7.36. The number of methoxy groups -OCH3 is 1. The molecule has 0 aromatic heterocycles. The van der Waals surface area contributed by atoms with Crippen molar-refractivity contribution < 1.29 is 19.2 Å². The number of hydrogen-bond donors (Lipinski definition) is 0. The van der Waals surface area contributed by atoms with Gasteiger partial charge in [-0.15, -0.1) is 0 Å². The Balaban J connectivity index is 1.73. The molecule has 0 saturated carbocycles. The van der Waals surface area contributed by atoms with E-state index in [9.17, 15) is 9.59 Å². The standard InChI is InChI=1S/C23H28N2O4/c1-19(26)25(29-18-21-11-7-4-8-12-21)23(22(27)28-2)13-15-24(16-14-23)17-20-9-5-3-6-10-20/h3-12H,13-18H2,1-2H3. The van der Waals surface area contributed by atoms with Gasteiger partial charge in [0.05, 0.1) is 7.11 Å². The van der Waals surface area contributed by atoms with Gasteiger partial charge in [-0.25, -0.2) is 9.86 Å². The van der Waals surface area contributed by atoms with E-state index in [1.807, 2.05) is 48.5 Å². The summed E-state index contributed by atoms with van der Waals surface area (Å²) in [6.07, 6.45) is 0.918. The molecule has 29 heavy (non-hydrogen) atoms. The third kappa shape index (κ3) is 5.02. The maximum atomic E-state index is 12.8. The van der Waals surface area contributed by atoms with Crippen molar-refractivity contribution in [1.82, 2.24) is 9.96 Å². The van der Waals surface area contributed by atoms with Crippen LogP contribution in [-0.4, -0.2) is 47.6 Å². The van der Waals surface area contributed by atoms with Crippen LogP contribution in [-0.2, 0) is 32.3 Å². The molecule has 2 aromatic carbocycles. The van der Waals surface area contributed by atoms with Gasteiger partial charge < -0.3 is 4.74 Å². The SMILES string of the molecule is COC(=O)C1(N(OCc2ccccc2)C(C)=O)CCN(Cc2ccccc2)CC1. The maximum absolute atomic E-state index is 12.8. The molecule has 0 atom stereocenters. The smallest absolute Gasteiger partial charge is 0.334 e. The Morgan fingerprint density at radius 1 is 0.966 bits per heavy atom. The number of ether oxygens (including phenoxy) is 1. The highest BCUT2D eigenvalue weighted by atomic mass is 16.7. The van der Waals surface area contributed by atoms with Crippen LogP contribution in [0.25, 0.3) is 0 Å². The number of likely N-dealkylation sites (tertiary alicyclic amines) is 1. The van der Waals surface area contributed by atoms with Gasteiger partial charge in [0.15, 0.2) is 5.54 Å². The Kier molecular flexibility index (Phi) is 7.01. The van der Waals surface area contributed by atoms with Crippen molar-refractivity contribution in [2.24, 2.45) is 0 Å². The fraction of sp³-hybridized carbons (Fsp3) is 0.391. The second kappa shape index (κ2) is 9.67. The van der Waals surface area contributed by atoms with Crippen LogP contribution in [0.1, 0.15) is 30.9 Å². The zero-order valence-electron chi connectivity index (χ0n) is 17.0. The number of piperidine rings is 1. The van der Waals surface area contributed by atoms with Crippen LogP contribution >= 0.6 is 0 Å². The lowest BCUT2D eigenvalue weighted by Crippen LogP contribution is -2.61. The van der Waals surface area contributed by atoms with Crippen molar-refractivity contribution in [1.29, 1.82) is 0 Å². The summed E-state index contributed by atoms with van der Waals surface area (Å²) in [5.74, 6) is -0.733. The lowest BCUT2D eigenvalue weighted by atomic mass is 9.86. The Labute approximate surface area is 172 Å². The average molecular weight is 396 g/mol. The minimum absolute atomic E-state index is 0.215. The maximum Gasteiger partial charge on any atom is 0.334 e. The molecule has 2 aromatic rings. The van der Waals surface area contributed by atoms with Crippen LogP contribution in [0, 0.1) is 0 Å². The zero-order valence-corrected chi connectivity index (χ0v) is 17.0. The summed E-state index contributed by atoms with van der Waals surface area (Å²) in [6, 6.07) is 19.8. The van der Waals surface area contributed by atoms with E-state index in [1.54, 1.807) is 0 Å². The summed E-state index contributed by atoms with van der Waals surface area (Å²) in [7, 11) is 1.36. The molecule has 0 bridgehead atoms. The van der Waals surface area contributed by atoms with Gasteiger partial charge in [-0.2, -0.15) is 0 Å². The van der Waals surface area contributed by atoms with E-state index in [4.69, 9.17) is 9.57 Å². The minimum atomic E-state index is -1.11. The fourth-order valence-corrected chi connectivity index (χ4v) is 3.83. The first-order chi connectivity index (χ1) is 14.0. The lowest BCUT2D eigenvalue weighted by Gasteiger charge is -2.45. The van der Waals surface area contributed by atoms with Crippen LogP contribution < -0.4 is 0 Å². The van der Waals surface area contributed by atoms with Crippen molar-refractivity contribution in [2.75, 3.05) is 20.2 Å². The van der Waals surface area contributed by atoms with Gasteiger partial charge >= 0.3 is 5.97 Å². The molecular formula is C23H28N2O4. The molecule has 1 heterocycles. The number of nitrogens with zero attached hydrogens (tertiary/aromatic N) is 2. The quantitative estimate of drug-likeness (QED) is 0.531. The molecule has 1 aliphatic heterocycles. The van der Waals surface area contributed by atoms with E-state index in [0.29, 0.717) is 25.9 Å². The number of amides is 1. The number of hydroxylamine groups is 2. The monoisotopic (exact) mass is 396 g/mol. The first-order valence-corrected chi connectivity index (χ1v) is 9.87. The Morgan fingerprint density at radius 2 is 1.52 bits per heavy atom. The first-order valence-electron chi connectivity index (χ1n) is 9.87. The van der Waals surface area contributed by atoms with Crippen molar-refractivity contribution in [3.8, 4) is 0 Å². The number of carbonyl (C=O) groups is 2. The van der Waals surface area contributed by atoms with Crippen molar-refractivity contribution in [3.63, 3.8) is 0 Å². The summed E-state index contributed by atoms with van der Waals surface area (Å²) < 4.78 is 5.10. The van der Waals surface area contributed by atoms with Gasteiger partial charge in [-0.05, 0) is 24.0 Å². The molecule has 0 unspecified atom stereocenters. The summed E-state index contributed by atoms with van der Waals surface area (Å²) >= 11 is 0. The highest BCUT2D eigenvalue weighted by molar-refractivity contribution is 5.86. The molecule has 6 nitrogen and oxygen atoms in total. The van der Waals surface area contributed by atoms with E-state index in [0.717, 1.165) is 12.1 Å². The number of esters is 1. The molecule has 0 N–H and O–H groups in total. The molecule has 0 spiro atoms. The van der Waals surface area contributed by atoms with Gasteiger partial charge in [0.2, 0.25) is 5.91 Å². The highest BCUT2D eigenvalue weighted by Gasteiger charge is 2.50. The molecule has 154 valence electrons. The molecule has 0 radical (unpaired) electrons. The molecule has 1 saturated heterocycles. The van der Waals surface area contributed by atoms with Gasteiger partial charge in [0.25, 0.3) is 0 Å². The topological polar surface area (TPSA) is 59.1 Å². The Morgan fingerprint density at radius 3 is 2.03 bits per heavy atom. The van der Waals surface area contributed by atoms with E-state index >= 15 is 0 Å². The first kappa shape index (κ1) is 21.0. The van der Waals surface area contributed by atoms with E-state index in [2.05, 4.69) is 17.0 Å². The number of rotatable bonds is 7. The van der Waals surface area contributed by atoms with Gasteiger partial charge in [-0.1, -0.05) is 60.7 Å². The van der Waals surface area contributed by atoms with E-state index in [1.165, 1.54) is 24.7 Å². The van der Waals surface area contributed by atoms with Crippen LogP contribution in [0.3, 0.4) is 0 Å². The normalized spacial score (nSPS) is 16.2. The predicted octanol–water partition coefficient (Wildman–Crippen LogP) is 3.17. The van der Waals surface area contributed by atoms with Crippen molar-refractivity contribution in [2.45, 2.75) is 38.5 Å². The Bertz CT molecular complexity index is 802. The van der Waals surface area contributed by atoms with E-state index in [-0.39, 0.29) is 12.5 Å². The van der Waals surface area contributed by atoms with Crippen molar-refractivity contribution >= 4 is 11.9 Å². The molecule has 0 aliphatic carbocycles. The number of carbonyl (C=O) groups excluding carboxylic acids is 2. The highest BCUT2D eigenvalue weighted by Crippen LogP contribution is 2.32. The molecule has 3 rings (SSSR count). The Hall–Kier alpha value is -2.70. The van der Waals surface area contributed by atoms with Crippen LogP contribution in [0.2, 0.25) is 0 Å². The van der Waals surface area contributed by atoms with E-state index < -0.39 is 11.5 Å². The number of benzene rings is 2. The molecular weight excluding hydrogens is 368 g/mol. The van der Waals surface area contributed by atoms with Crippen LogP contribution in [0.15, 0.2) is 60.7 Å². The van der Waals surface area contributed by atoms with Gasteiger partial charge in [0, 0.05) is 26.6 Å². The van der Waals surface area contributed by atoms with Crippen molar-refractivity contribution in [3.05, 3.63) is 71.8 Å². The molecule has 1 aliphatic rings. The molecule has 1 amide bonds. The second-order valence-electron chi connectivity index (χ2n) is 7.36. The molecule has 6 heteroatoms. The lowest BCUT2D eigenvalue weighted by molar-refractivity contribution is -0.240. The molecule has 1 fully saturated rings. The summed E-state index contributed by atoms with van der Waals surface area (Å²) in [4.78, 5) is 33.4. The van der Waals surface area contributed by atoms with Gasteiger partial charge in [0.1, 0.15) is 6.61 Å². The number of hydrogen-bond acceptors (Lipinski definition) is 5. The zero-order chi connectivity index (χ0) is 20.7. The minimum Gasteiger partial charge on any atom is -0.467 e. The summed E-state index contributed by atoms with van der Waals surface area (Å²) in [5, 5.41) is 1.24. The largest absolute Gasteiger partial charge is 0.467 e. The summed E-state index contributed by atoms with van der Waals surface area (Å²) in [5.41, 5.74) is 1.05. The van der Waals surface area contributed by atoms with Crippen LogP contribution in [0.5, 0.6) is 0 Å². The predicted molar refractivity (Wildman–Crippen MR) is 109 cm³/mol. The third-order valence-electron chi connectivity index (χ3n) is 5.38. The van der Waals surface area contributed by atoms with Gasteiger partial charge in [-0.3, -0.25) is 14.5 Å². The third-order valence-corrected chi connectivity index (χ3v) is 5.38. The fourth-order valence-electron chi connectivity index (χ4n) is 3.83.